The predicted molar refractivity (Wildman–Crippen MR) is 83.9 cm³/mol. The van der Waals surface area contributed by atoms with E-state index in [1.807, 2.05) is 0 Å². The monoisotopic (exact) mass is 334 g/mol. The van der Waals surface area contributed by atoms with Crippen molar-refractivity contribution in [3.8, 4) is 11.1 Å². The summed E-state index contributed by atoms with van der Waals surface area (Å²) in [5.41, 5.74) is -2.68. The van der Waals surface area contributed by atoms with E-state index in [-0.39, 0.29) is 14.0 Å². The van der Waals surface area contributed by atoms with E-state index in [2.05, 4.69) is 0 Å². The van der Waals surface area contributed by atoms with Crippen LogP contribution in [0.2, 0.25) is 0 Å². The van der Waals surface area contributed by atoms with Crippen LogP contribution in [0, 0.1) is 0 Å². The zero-order valence-electron chi connectivity index (χ0n) is 11.9. The van der Waals surface area contributed by atoms with Gasteiger partial charge in [-0.1, -0.05) is 24.3 Å². The molecule has 2 rings (SSSR count). The van der Waals surface area contributed by atoms with Crippen LogP contribution in [0.4, 0.5) is 0 Å². The molecular formula is C16H14O8. The smallest absolute Gasteiger partial charge is 0.337 e. The lowest BCUT2D eigenvalue weighted by atomic mass is 9.90. The van der Waals surface area contributed by atoms with Crippen LogP contribution in [-0.2, 0) is 0 Å². The number of rotatable bonds is 5. The highest BCUT2D eigenvalue weighted by atomic mass is 16.4. The fourth-order valence-electron chi connectivity index (χ4n) is 2.37. The number of carbonyl (C=O) groups is 4. The number of benzene rings is 2. The van der Waals surface area contributed by atoms with Crippen molar-refractivity contribution in [2.75, 3.05) is 0 Å². The maximum atomic E-state index is 11.5. The van der Waals surface area contributed by atoms with Crippen molar-refractivity contribution in [3.63, 3.8) is 0 Å². The maximum absolute atomic E-state index is 11.5. The van der Waals surface area contributed by atoms with Crippen LogP contribution in [0.1, 0.15) is 44.3 Å². The Morgan fingerprint density at radius 3 is 1.17 bits per heavy atom. The summed E-state index contributed by atoms with van der Waals surface area (Å²) in [4.78, 5) is 45.4. The minimum atomic E-state index is -1.57. The average Bonchev–Trinajstić information content (AvgIpc) is 2.52. The van der Waals surface area contributed by atoms with E-state index >= 15 is 0 Å². The van der Waals surface area contributed by atoms with Crippen molar-refractivity contribution < 1.29 is 42.5 Å². The van der Waals surface area contributed by atoms with Crippen LogP contribution in [0.15, 0.2) is 36.4 Å². The van der Waals surface area contributed by atoms with Gasteiger partial charge in [0.15, 0.2) is 0 Å². The Balaban J connectivity index is 0.00000312. The summed E-state index contributed by atoms with van der Waals surface area (Å²) in [6.45, 7) is 0. The lowest BCUT2D eigenvalue weighted by Crippen LogP contribution is -2.13. The number of aromatic carboxylic acids is 4. The summed E-state index contributed by atoms with van der Waals surface area (Å²) >= 11 is 0. The van der Waals surface area contributed by atoms with Gasteiger partial charge < -0.3 is 20.4 Å². The average molecular weight is 334 g/mol. The van der Waals surface area contributed by atoms with Crippen molar-refractivity contribution in [2.24, 2.45) is 0 Å². The Labute approximate surface area is 137 Å². The Bertz CT molecular complexity index is 818. The fraction of sp³-hybridized carbons (Fsp3) is 0. The third-order valence-electron chi connectivity index (χ3n) is 3.31. The molecule has 0 radical (unpaired) electrons. The molecule has 126 valence electrons. The van der Waals surface area contributed by atoms with E-state index in [0.717, 1.165) is 12.1 Å². The molecule has 8 heteroatoms. The molecule has 2 aromatic rings. The molecule has 24 heavy (non-hydrogen) atoms. The normalized spacial score (nSPS) is 10.2. The van der Waals surface area contributed by atoms with E-state index in [9.17, 15) is 29.4 Å². The third kappa shape index (κ3) is 2.80. The minimum Gasteiger partial charge on any atom is -0.478 e. The van der Waals surface area contributed by atoms with Crippen LogP contribution in [0.3, 0.4) is 0 Å². The Morgan fingerprint density at radius 1 is 0.583 bits per heavy atom. The zero-order valence-corrected chi connectivity index (χ0v) is 11.9. The van der Waals surface area contributed by atoms with Gasteiger partial charge in [0.05, 0.1) is 22.3 Å². The summed E-state index contributed by atoms with van der Waals surface area (Å²) in [6.07, 6.45) is 0. The van der Waals surface area contributed by atoms with Crippen molar-refractivity contribution in [1.29, 1.82) is 0 Å². The van der Waals surface area contributed by atoms with Gasteiger partial charge in [0.2, 0.25) is 0 Å². The van der Waals surface area contributed by atoms with Crippen LogP contribution in [0.25, 0.3) is 11.1 Å². The first-order valence-electron chi connectivity index (χ1n) is 6.45. The van der Waals surface area contributed by atoms with E-state index < -0.39 is 46.1 Å². The van der Waals surface area contributed by atoms with Crippen LogP contribution in [-0.4, -0.2) is 44.3 Å². The molecule has 8 nitrogen and oxygen atoms in total. The predicted octanol–water partition coefficient (Wildman–Crippen LogP) is 2.64. The summed E-state index contributed by atoms with van der Waals surface area (Å²) in [5, 5.41) is 36.9. The number of carboxylic acids is 4. The highest BCUT2D eigenvalue weighted by Gasteiger charge is 2.26. The van der Waals surface area contributed by atoms with E-state index in [4.69, 9.17) is 10.2 Å². The third-order valence-corrected chi connectivity index (χ3v) is 3.31. The molecule has 0 unspecified atom stereocenters. The summed E-state index contributed by atoms with van der Waals surface area (Å²) in [6, 6.07) is 7.09. The molecule has 0 aromatic heterocycles. The largest absolute Gasteiger partial charge is 0.478 e. The first kappa shape index (κ1) is 16.7. The van der Waals surface area contributed by atoms with Crippen molar-refractivity contribution in [2.45, 2.75) is 0 Å². The quantitative estimate of drug-likeness (QED) is 0.652. The Morgan fingerprint density at radius 2 is 0.917 bits per heavy atom. The molecule has 0 saturated carbocycles. The molecule has 0 bridgehead atoms. The summed E-state index contributed by atoms with van der Waals surface area (Å²) in [5.74, 6) is -6.14. The molecule has 0 spiro atoms. The molecule has 0 aliphatic rings. The highest BCUT2D eigenvalue weighted by molar-refractivity contribution is 6.11. The number of carboxylic acid groups (broad SMARTS) is 4. The lowest BCUT2D eigenvalue weighted by molar-refractivity contribution is 0.0650. The second-order valence-electron chi connectivity index (χ2n) is 4.68. The van der Waals surface area contributed by atoms with Crippen molar-refractivity contribution in [3.05, 3.63) is 58.7 Å². The van der Waals surface area contributed by atoms with Gasteiger partial charge in [-0.25, -0.2) is 19.2 Å². The molecule has 0 aliphatic heterocycles. The molecule has 2 aromatic carbocycles. The van der Waals surface area contributed by atoms with Crippen LogP contribution >= 0.6 is 0 Å². The van der Waals surface area contributed by atoms with E-state index in [0.29, 0.717) is 0 Å². The second kappa shape index (κ2) is 6.21. The molecule has 0 heterocycles. The van der Waals surface area contributed by atoms with Gasteiger partial charge in [0, 0.05) is 2.85 Å². The zero-order chi connectivity index (χ0) is 18.0. The van der Waals surface area contributed by atoms with Crippen LogP contribution in [0.5, 0.6) is 0 Å². The van der Waals surface area contributed by atoms with Crippen molar-refractivity contribution in [1.82, 2.24) is 0 Å². The number of hydrogen-bond donors (Lipinski definition) is 4. The molecule has 0 amide bonds. The fourth-order valence-corrected chi connectivity index (χ4v) is 2.37. The summed E-state index contributed by atoms with van der Waals surface area (Å²) < 4.78 is 0. The van der Waals surface area contributed by atoms with Gasteiger partial charge >= 0.3 is 23.9 Å². The van der Waals surface area contributed by atoms with Gasteiger partial charge in [0.25, 0.3) is 0 Å². The van der Waals surface area contributed by atoms with Gasteiger partial charge in [-0.3, -0.25) is 0 Å². The standard InChI is InChI=1S/C16H10O8.2H2/c17-13(18)9-5-1-3-7(11(9)15(21)22)8-4-2-6-10(14(19)20)12(8)16(23)24;;/h1-6H,(H,17,18)(H,19,20)(H,21,22)(H,23,24);2*1H. The Hall–Kier alpha value is -3.68. The minimum absolute atomic E-state index is 0. The second-order valence-corrected chi connectivity index (χ2v) is 4.68. The number of hydrogen-bond acceptors (Lipinski definition) is 4. The van der Waals surface area contributed by atoms with Gasteiger partial charge in [-0.15, -0.1) is 0 Å². The van der Waals surface area contributed by atoms with Gasteiger partial charge in [-0.05, 0) is 23.3 Å². The molecule has 0 fully saturated rings. The first-order valence-corrected chi connectivity index (χ1v) is 6.45. The lowest BCUT2D eigenvalue weighted by Gasteiger charge is -2.13. The van der Waals surface area contributed by atoms with Crippen molar-refractivity contribution >= 4 is 23.9 Å². The molecule has 0 atom stereocenters. The van der Waals surface area contributed by atoms with E-state index in [1.54, 1.807) is 0 Å². The molecular weight excluding hydrogens is 320 g/mol. The molecule has 0 saturated heterocycles. The van der Waals surface area contributed by atoms with Crippen LogP contribution < -0.4 is 0 Å². The Kier molecular flexibility index (Phi) is 4.32. The maximum Gasteiger partial charge on any atom is 0.337 e. The van der Waals surface area contributed by atoms with E-state index in [1.165, 1.54) is 24.3 Å². The SMILES string of the molecule is O=C(O)c1cccc(-c2cccc(C(=O)O)c2C(=O)O)c1C(=O)O.[HH].[HH]. The van der Waals surface area contributed by atoms with Gasteiger partial charge in [-0.2, -0.15) is 0 Å². The molecule has 4 N–H and O–H groups in total. The summed E-state index contributed by atoms with van der Waals surface area (Å²) in [7, 11) is 0. The molecule has 0 aliphatic carbocycles. The topological polar surface area (TPSA) is 149 Å². The van der Waals surface area contributed by atoms with Gasteiger partial charge in [0.1, 0.15) is 0 Å². The highest BCUT2D eigenvalue weighted by Crippen LogP contribution is 2.31. The first-order chi connectivity index (χ1) is 11.3.